The highest BCUT2D eigenvalue weighted by molar-refractivity contribution is 5.94. The maximum Gasteiger partial charge on any atom is 0.242 e. The lowest BCUT2D eigenvalue weighted by Gasteiger charge is -2.33. The predicted molar refractivity (Wildman–Crippen MR) is 104 cm³/mol. The average Bonchev–Trinajstić information content (AvgIpc) is 2.71. The molecule has 1 N–H and O–H groups in total. The summed E-state index contributed by atoms with van der Waals surface area (Å²) in [5.41, 5.74) is 1.64. The van der Waals surface area contributed by atoms with Crippen molar-refractivity contribution >= 4 is 27.7 Å². The third kappa shape index (κ3) is 2.88. The molecule has 4 rings (SSSR count). The Kier molecular flexibility index (Phi) is 4.47. The highest BCUT2D eigenvalue weighted by atomic mass is 16.2. The topological polar surface area (TPSA) is 54.3 Å². The van der Waals surface area contributed by atoms with Crippen LogP contribution in [0.3, 0.4) is 0 Å². The van der Waals surface area contributed by atoms with Crippen molar-refractivity contribution in [3.63, 3.8) is 0 Å². The van der Waals surface area contributed by atoms with Gasteiger partial charge in [0, 0.05) is 29.9 Å². The summed E-state index contributed by atoms with van der Waals surface area (Å²) in [6, 6.07) is 15.4. The van der Waals surface area contributed by atoms with E-state index in [4.69, 9.17) is 0 Å². The highest BCUT2D eigenvalue weighted by Gasteiger charge is 2.23. The zero-order valence-corrected chi connectivity index (χ0v) is 14.9. The number of likely N-dealkylation sites (tertiary alicyclic amines) is 1. The molecule has 1 unspecified atom stereocenters. The second-order valence-corrected chi connectivity index (χ2v) is 6.92. The number of pyridine rings is 1. The maximum absolute atomic E-state index is 13.0. The molecule has 0 aliphatic carbocycles. The van der Waals surface area contributed by atoms with Crippen molar-refractivity contribution in [2.45, 2.75) is 25.4 Å². The van der Waals surface area contributed by atoms with Crippen molar-refractivity contribution in [1.29, 1.82) is 0 Å². The number of benzene rings is 2. The van der Waals surface area contributed by atoms with Crippen molar-refractivity contribution < 1.29 is 4.79 Å². The molecule has 0 saturated carbocycles. The first-order valence-electron chi connectivity index (χ1n) is 9.14. The summed E-state index contributed by atoms with van der Waals surface area (Å²) in [4.78, 5) is 27.7. The molecule has 0 spiro atoms. The van der Waals surface area contributed by atoms with Gasteiger partial charge in [0.15, 0.2) is 5.43 Å². The van der Waals surface area contributed by atoms with Crippen molar-refractivity contribution in [2.24, 2.45) is 0 Å². The Morgan fingerprint density at radius 3 is 2.31 bits per heavy atom. The number of carbonyl (C=O) groups excluding carboxylic acids is 1. The number of rotatable bonds is 3. The van der Waals surface area contributed by atoms with E-state index in [1.807, 2.05) is 65.0 Å². The molecule has 5 nitrogen and oxygen atoms in total. The van der Waals surface area contributed by atoms with Gasteiger partial charge in [0.1, 0.15) is 6.54 Å². The number of amides is 1. The molecule has 2 heterocycles. The maximum atomic E-state index is 13.0. The van der Waals surface area contributed by atoms with Gasteiger partial charge in [-0.25, -0.2) is 0 Å². The Labute approximate surface area is 152 Å². The van der Waals surface area contributed by atoms with Gasteiger partial charge in [0.25, 0.3) is 0 Å². The fourth-order valence-corrected chi connectivity index (χ4v) is 3.92. The van der Waals surface area contributed by atoms with Gasteiger partial charge in [-0.3, -0.25) is 9.59 Å². The lowest BCUT2D eigenvalue weighted by molar-refractivity contribution is -0.133. The molecule has 0 bridgehead atoms. The molecule has 0 radical (unpaired) electrons. The van der Waals surface area contributed by atoms with Crippen LogP contribution in [0.15, 0.2) is 53.3 Å². The highest BCUT2D eigenvalue weighted by Crippen LogP contribution is 2.20. The normalized spacial score (nSPS) is 17.7. The number of hydrogen-bond donors (Lipinski definition) is 1. The zero-order valence-electron chi connectivity index (χ0n) is 14.9. The van der Waals surface area contributed by atoms with Gasteiger partial charge in [-0.15, -0.1) is 0 Å². The molecule has 2 aromatic carbocycles. The van der Waals surface area contributed by atoms with Crippen LogP contribution in [0.25, 0.3) is 21.8 Å². The molecule has 1 amide bonds. The Bertz CT molecular complexity index is 965. The van der Waals surface area contributed by atoms with E-state index < -0.39 is 0 Å². The molecule has 134 valence electrons. The van der Waals surface area contributed by atoms with E-state index in [0.717, 1.165) is 37.0 Å². The Morgan fingerprint density at radius 1 is 1.08 bits per heavy atom. The summed E-state index contributed by atoms with van der Waals surface area (Å²) in [5, 5.41) is 4.59. The van der Waals surface area contributed by atoms with Gasteiger partial charge in [0.05, 0.1) is 11.0 Å². The first kappa shape index (κ1) is 16.8. The molecule has 1 aliphatic heterocycles. The van der Waals surface area contributed by atoms with Gasteiger partial charge in [-0.2, -0.15) is 0 Å². The van der Waals surface area contributed by atoms with Crippen molar-refractivity contribution in [3.05, 3.63) is 58.8 Å². The third-order valence-corrected chi connectivity index (χ3v) is 5.35. The van der Waals surface area contributed by atoms with Crippen LogP contribution in [0.4, 0.5) is 0 Å². The average molecular weight is 349 g/mol. The Hall–Kier alpha value is -2.66. The fourth-order valence-electron chi connectivity index (χ4n) is 3.92. The van der Waals surface area contributed by atoms with E-state index in [9.17, 15) is 9.59 Å². The second-order valence-electron chi connectivity index (χ2n) is 6.92. The third-order valence-electron chi connectivity index (χ3n) is 5.35. The molecule has 3 aromatic rings. The number of fused-ring (bicyclic) bond motifs is 2. The molecule has 5 heteroatoms. The molecular formula is C21H23N3O2. The van der Waals surface area contributed by atoms with Crippen molar-refractivity contribution in [1.82, 2.24) is 14.8 Å². The van der Waals surface area contributed by atoms with Crippen LogP contribution < -0.4 is 10.7 Å². The largest absolute Gasteiger partial charge is 0.340 e. The van der Waals surface area contributed by atoms with E-state index >= 15 is 0 Å². The van der Waals surface area contributed by atoms with Crippen LogP contribution in [0.1, 0.15) is 12.8 Å². The SMILES string of the molecule is CNC1CCCN(C(=O)Cn2c3ccccc3c(=O)c3ccccc32)C1. The number of nitrogens with one attached hydrogen (secondary N) is 1. The number of likely N-dealkylation sites (N-methyl/N-ethyl adjacent to an activating group) is 1. The summed E-state index contributed by atoms with van der Waals surface area (Å²) in [7, 11) is 1.95. The van der Waals surface area contributed by atoms with Crippen LogP contribution in [0, 0.1) is 0 Å². The Morgan fingerprint density at radius 2 is 1.69 bits per heavy atom. The predicted octanol–water partition coefficient (Wildman–Crippen LogP) is 2.37. The minimum atomic E-state index is 0.0214. The number of aromatic nitrogens is 1. The Balaban J connectivity index is 1.79. The van der Waals surface area contributed by atoms with E-state index in [2.05, 4.69) is 5.32 Å². The standard InChI is InChI=1S/C21H23N3O2/c1-22-15-7-6-12-23(13-15)20(25)14-24-18-10-4-2-8-16(18)21(26)17-9-3-5-11-19(17)24/h2-5,8-11,15,22H,6-7,12-14H2,1H3. The van der Waals surface area contributed by atoms with E-state index in [0.29, 0.717) is 16.8 Å². The summed E-state index contributed by atoms with van der Waals surface area (Å²) in [6.07, 6.45) is 2.12. The minimum Gasteiger partial charge on any atom is -0.340 e. The van der Waals surface area contributed by atoms with Crippen LogP contribution in [0.5, 0.6) is 0 Å². The monoisotopic (exact) mass is 349 g/mol. The van der Waals surface area contributed by atoms with Gasteiger partial charge in [-0.1, -0.05) is 24.3 Å². The van der Waals surface area contributed by atoms with Crippen LogP contribution in [-0.4, -0.2) is 41.6 Å². The van der Waals surface area contributed by atoms with E-state index in [-0.39, 0.29) is 17.9 Å². The van der Waals surface area contributed by atoms with Crippen LogP contribution in [0.2, 0.25) is 0 Å². The molecule has 1 aromatic heterocycles. The van der Waals surface area contributed by atoms with Gasteiger partial charge in [-0.05, 0) is 44.2 Å². The number of piperidine rings is 1. The first-order chi connectivity index (χ1) is 12.7. The van der Waals surface area contributed by atoms with Crippen molar-refractivity contribution in [3.8, 4) is 0 Å². The van der Waals surface area contributed by atoms with Gasteiger partial charge >= 0.3 is 0 Å². The van der Waals surface area contributed by atoms with Crippen LogP contribution in [-0.2, 0) is 11.3 Å². The number of hydrogen-bond acceptors (Lipinski definition) is 3. The second kappa shape index (κ2) is 6.92. The molecule has 1 aliphatic rings. The zero-order chi connectivity index (χ0) is 18.1. The number of para-hydroxylation sites is 2. The number of nitrogens with zero attached hydrogens (tertiary/aromatic N) is 2. The fraction of sp³-hybridized carbons (Fsp3) is 0.333. The first-order valence-corrected chi connectivity index (χ1v) is 9.14. The number of carbonyl (C=O) groups is 1. The summed E-state index contributed by atoms with van der Waals surface area (Å²) in [6.45, 7) is 1.79. The summed E-state index contributed by atoms with van der Waals surface area (Å²) >= 11 is 0. The summed E-state index contributed by atoms with van der Waals surface area (Å²) < 4.78 is 1.98. The smallest absolute Gasteiger partial charge is 0.242 e. The quantitative estimate of drug-likeness (QED) is 0.739. The van der Waals surface area contributed by atoms with E-state index in [1.165, 1.54) is 0 Å². The van der Waals surface area contributed by atoms with Crippen LogP contribution >= 0.6 is 0 Å². The lowest BCUT2D eigenvalue weighted by atomic mass is 10.1. The van der Waals surface area contributed by atoms with E-state index in [1.54, 1.807) is 0 Å². The molecule has 26 heavy (non-hydrogen) atoms. The van der Waals surface area contributed by atoms with Gasteiger partial charge < -0.3 is 14.8 Å². The summed E-state index contributed by atoms with van der Waals surface area (Å²) in [5.74, 6) is 0.101. The molecular weight excluding hydrogens is 326 g/mol. The molecule has 1 fully saturated rings. The lowest BCUT2D eigenvalue weighted by Crippen LogP contribution is -2.47. The van der Waals surface area contributed by atoms with Crippen molar-refractivity contribution in [2.75, 3.05) is 20.1 Å². The van der Waals surface area contributed by atoms with Gasteiger partial charge in [0.2, 0.25) is 5.91 Å². The minimum absolute atomic E-state index is 0.0214. The molecule has 1 saturated heterocycles. The molecule has 1 atom stereocenters.